The molecular weight excluding hydrogens is 366 g/mol. The molecule has 1 atom stereocenters. The number of hydrogen-bond acceptors (Lipinski definition) is 4. The molecule has 1 unspecified atom stereocenters. The van der Waals surface area contributed by atoms with Gasteiger partial charge in [0.05, 0.1) is 25.0 Å². The van der Waals surface area contributed by atoms with Crippen LogP contribution in [0.25, 0.3) is 11.3 Å². The van der Waals surface area contributed by atoms with Gasteiger partial charge in [-0.15, -0.1) is 0 Å². The smallest absolute Gasteiger partial charge is 0.252 e. The standard InChI is InChI=1S/C23H25N3O3/c1-4-13-29-20-12-11-17(14-21(20)28-3)23(27)26-18(5-2)22-24-15-19(25-22)16-9-7-6-8-10-16/h4,6-12,14-15,18H,1,5,13H2,2-3H3,(H,24,25)(H,26,27). The first kappa shape index (κ1) is 20.2. The largest absolute Gasteiger partial charge is 0.493 e. The molecule has 2 aromatic carbocycles. The van der Waals surface area contributed by atoms with Crippen LogP contribution in [0.5, 0.6) is 11.5 Å². The Labute approximate surface area is 170 Å². The van der Waals surface area contributed by atoms with Crippen molar-refractivity contribution in [2.45, 2.75) is 19.4 Å². The van der Waals surface area contributed by atoms with Crippen LogP contribution in [0.3, 0.4) is 0 Å². The molecule has 1 heterocycles. The molecule has 0 aliphatic heterocycles. The highest BCUT2D eigenvalue weighted by Crippen LogP contribution is 2.28. The molecule has 3 rings (SSSR count). The van der Waals surface area contributed by atoms with E-state index in [0.29, 0.717) is 30.1 Å². The number of rotatable bonds is 9. The van der Waals surface area contributed by atoms with Crippen molar-refractivity contribution in [3.63, 3.8) is 0 Å². The van der Waals surface area contributed by atoms with E-state index in [-0.39, 0.29) is 11.9 Å². The Hall–Kier alpha value is -3.54. The summed E-state index contributed by atoms with van der Waals surface area (Å²) in [5.74, 6) is 1.58. The Morgan fingerprint density at radius 1 is 1.24 bits per heavy atom. The minimum Gasteiger partial charge on any atom is -0.493 e. The highest BCUT2D eigenvalue weighted by molar-refractivity contribution is 5.95. The summed E-state index contributed by atoms with van der Waals surface area (Å²) in [5.41, 5.74) is 2.45. The van der Waals surface area contributed by atoms with E-state index in [9.17, 15) is 4.79 Å². The van der Waals surface area contributed by atoms with E-state index in [0.717, 1.165) is 17.1 Å². The lowest BCUT2D eigenvalue weighted by atomic mass is 10.1. The molecule has 0 saturated heterocycles. The zero-order valence-corrected chi connectivity index (χ0v) is 16.6. The van der Waals surface area contributed by atoms with E-state index in [2.05, 4.69) is 21.9 Å². The predicted octanol–water partition coefficient (Wildman–Crippen LogP) is 4.53. The van der Waals surface area contributed by atoms with E-state index < -0.39 is 0 Å². The molecule has 6 nitrogen and oxygen atoms in total. The number of carbonyl (C=O) groups excluding carboxylic acids is 1. The van der Waals surface area contributed by atoms with Gasteiger partial charge in [-0.2, -0.15) is 0 Å². The maximum absolute atomic E-state index is 12.8. The minimum atomic E-state index is -0.234. The average molecular weight is 391 g/mol. The maximum Gasteiger partial charge on any atom is 0.252 e. The molecule has 1 amide bonds. The molecule has 0 fully saturated rings. The van der Waals surface area contributed by atoms with Crippen LogP contribution >= 0.6 is 0 Å². The van der Waals surface area contributed by atoms with Gasteiger partial charge in [0.1, 0.15) is 12.4 Å². The summed E-state index contributed by atoms with van der Waals surface area (Å²) < 4.78 is 10.9. The Bertz CT molecular complexity index is 967. The lowest BCUT2D eigenvalue weighted by Gasteiger charge is -2.16. The third-order valence-corrected chi connectivity index (χ3v) is 4.51. The van der Waals surface area contributed by atoms with Crippen LogP contribution in [-0.2, 0) is 0 Å². The zero-order valence-electron chi connectivity index (χ0n) is 16.6. The van der Waals surface area contributed by atoms with Crippen LogP contribution in [0.2, 0.25) is 0 Å². The van der Waals surface area contributed by atoms with Crippen molar-refractivity contribution in [3.05, 3.63) is 78.8 Å². The molecule has 1 aromatic heterocycles. The highest BCUT2D eigenvalue weighted by Gasteiger charge is 2.18. The second kappa shape index (κ2) is 9.59. The van der Waals surface area contributed by atoms with Gasteiger partial charge in [-0.25, -0.2) is 4.98 Å². The summed E-state index contributed by atoms with van der Waals surface area (Å²) in [7, 11) is 1.54. The molecular formula is C23H25N3O3. The number of benzene rings is 2. The van der Waals surface area contributed by atoms with Crippen LogP contribution in [0.4, 0.5) is 0 Å². The lowest BCUT2D eigenvalue weighted by Crippen LogP contribution is -2.29. The Morgan fingerprint density at radius 2 is 2.03 bits per heavy atom. The van der Waals surface area contributed by atoms with Crippen molar-refractivity contribution in [1.29, 1.82) is 0 Å². The van der Waals surface area contributed by atoms with Crippen LogP contribution in [-0.4, -0.2) is 29.6 Å². The minimum absolute atomic E-state index is 0.205. The molecule has 0 radical (unpaired) electrons. The predicted molar refractivity (Wildman–Crippen MR) is 113 cm³/mol. The van der Waals surface area contributed by atoms with E-state index >= 15 is 0 Å². The van der Waals surface area contributed by atoms with E-state index in [1.807, 2.05) is 37.3 Å². The summed E-state index contributed by atoms with van der Waals surface area (Å²) in [6.07, 6.45) is 4.14. The lowest BCUT2D eigenvalue weighted by molar-refractivity contribution is 0.0933. The van der Waals surface area contributed by atoms with Gasteiger partial charge in [0.25, 0.3) is 5.91 Å². The van der Waals surface area contributed by atoms with E-state index in [4.69, 9.17) is 9.47 Å². The van der Waals surface area contributed by atoms with Crippen molar-refractivity contribution in [2.24, 2.45) is 0 Å². The van der Waals surface area contributed by atoms with Gasteiger partial charge >= 0.3 is 0 Å². The summed E-state index contributed by atoms with van der Waals surface area (Å²) in [4.78, 5) is 20.6. The SMILES string of the molecule is C=CCOc1ccc(C(=O)NC(CC)c2ncc(-c3ccccc3)[nH]2)cc1OC. The third-order valence-electron chi connectivity index (χ3n) is 4.51. The fourth-order valence-electron chi connectivity index (χ4n) is 2.96. The van der Waals surface area contributed by atoms with Crippen molar-refractivity contribution >= 4 is 5.91 Å². The number of nitrogens with one attached hydrogen (secondary N) is 2. The molecule has 6 heteroatoms. The second-order valence-corrected chi connectivity index (χ2v) is 6.45. The van der Waals surface area contributed by atoms with Crippen LogP contribution < -0.4 is 14.8 Å². The fourth-order valence-corrected chi connectivity index (χ4v) is 2.96. The number of amides is 1. The Balaban J connectivity index is 1.75. The topological polar surface area (TPSA) is 76.2 Å². The number of nitrogens with zero attached hydrogens (tertiary/aromatic N) is 1. The summed E-state index contributed by atoms with van der Waals surface area (Å²) in [6, 6.07) is 14.8. The number of H-pyrrole nitrogens is 1. The third kappa shape index (κ3) is 4.85. The molecule has 0 saturated carbocycles. The number of hydrogen-bond donors (Lipinski definition) is 2. The maximum atomic E-state index is 12.8. The van der Waals surface area contributed by atoms with Crippen LogP contribution in [0, 0.1) is 0 Å². The van der Waals surface area contributed by atoms with Gasteiger partial charge in [-0.3, -0.25) is 4.79 Å². The first-order valence-electron chi connectivity index (χ1n) is 9.49. The number of methoxy groups -OCH3 is 1. The van der Waals surface area contributed by atoms with Crippen LogP contribution in [0.1, 0.15) is 35.6 Å². The summed E-state index contributed by atoms with van der Waals surface area (Å²) >= 11 is 0. The van der Waals surface area contributed by atoms with Crippen molar-refractivity contribution in [2.75, 3.05) is 13.7 Å². The van der Waals surface area contributed by atoms with Gasteiger partial charge < -0.3 is 19.8 Å². The molecule has 0 aliphatic rings. The number of imidazole rings is 1. The van der Waals surface area contributed by atoms with Crippen molar-refractivity contribution in [3.8, 4) is 22.8 Å². The molecule has 3 aromatic rings. The van der Waals surface area contributed by atoms with Gasteiger partial charge in [-0.1, -0.05) is 49.9 Å². The monoisotopic (exact) mass is 391 g/mol. The average Bonchev–Trinajstić information content (AvgIpc) is 3.26. The molecule has 150 valence electrons. The van der Waals surface area contributed by atoms with Crippen molar-refractivity contribution in [1.82, 2.24) is 15.3 Å². The first-order chi connectivity index (χ1) is 14.2. The normalized spacial score (nSPS) is 11.5. The molecule has 0 aliphatic carbocycles. The highest BCUT2D eigenvalue weighted by atomic mass is 16.5. The zero-order chi connectivity index (χ0) is 20.6. The molecule has 0 bridgehead atoms. The quantitative estimate of drug-likeness (QED) is 0.526. The number of ether oxygens (including phenoxy) is 2. The Kier molecular flexibility index (Phi) is 6.68. The fraction of sp³-hybridized carbons (Fsp3) is 0.217. The second-order valence-electron chi connectivity index (χ2n) is 6.45. The number of aromatic nitrogens is 2. The van der Waals surface area contributed by atoms with Gasteiger partial charge in [-0.05, 0) is 30.2 Å². The summed E-state index contributed by atoms with van der Waals surface area (Å²) in [6.45, 7) is 6.00. The first-order valence-corrected chi connectivity index (χ1v) is 9.49. The molecule has 29 heavy (non-hydrogen) atoms. The van der Waals surface area contributed by atoms with Gasteiger partial charge in [0, 0.05) is 5.56 Å². The summed E-state index contributed by atoms with van der Waals surface area (Å²) in [5, 5.41) is 3.03. The number of aromatic amines is 1. The van der Waals surface area contributed by atoms with E-state index in [1.54, 1.807) is 37.6 Å². The van der Waals surface area contributed by atoms with Gasteiger partial charge in [0.15, 0.2) is 11.5 Å². The van der Waals surface area contributed by atoms with Gasteiger partial charge in [0.2, 0.25) is 0 Å². The van der Waals surface area contributed by atoms with Crippen molar-refractivity contribution < 1.29 is 14.3 Å². The molecule has 0 spiro atoms. The molecule has 2 N–H and O–H groups in total. The van der Waals surface area contributed by atoms with E-state index in [1.165, 1.54) is 0 Å². The van der Waals surface area contributed by atoms with Crippen LogP contribution in [0.15, 0.2) is 67.4 Å². The Morgan fingerprint density at radius 3 is 2.72 bits per heavy atom. The number of carbonyl (C=O) groups is 1.